The highest BCUT2D eigenvalue weighted by atomic mass is 19.4. The monoisotopic (exact) mass is 250 g/mol. The van der Waals surface area contributed by atoms with Gasteiger partial charge in [-0.3, -0.25) is 4.79 Å². The maximum Gasteiger partial charge on any atom is 0.433 e. The summed E-state index contributed by atoms with van der Waals surface area (Å²) < 4.78 is 61.8. The van der Waals surface area contributed by atoms with Gasteiger partial charge in [0.05, 0.1) is 5.56 Å². The number of rotatable bonds is 2. The Balaban J connectivity index is 3.59. The van der Waals surface area contributed by atoms with Crippen LogP contribution >= 0.6 is 0 Å². The molecule has 8 heteroatoms. The van der Waals surface area contributed by atoms with Crippen LogP contribution < -0.4 is 0 Å². The first-order valence-electron chi connectivity index (χ1n) is 4.06. The quantitative estimate of drug-likeness (QED) is 0.599. The number of alkyl halides is 5. The zero-order valence-corrected chi connectivity index (χ0v) is 7.92. The van der Waals surface area contributed by atoms with Crippen LogP contribution in [0, 0.1) is 11.3 Å². The van der Waals surface area contributed by atoms with Gasteiger partial charge in [-0.25, -0.2) is 13.8 Å². The second kappa shape index (κ2) is 4.45. The van der Waals surface area contributed by atoms with Gasteiger partial charge in [0.15, 0.2) is 17.7 Å². The Labute approximate surface area is 91.5 Å². The number of nitriles is 1. The van der Waals surface area contributed by atoms with E-state index in [1.165, 1.54) is 6.07 Å². The van der Waals surface area contributed by atoms with E-state index in [1.54, 1.807) is 0 Å². The molecule has 0 atom stereocenters. The molecule has 3 nitrogen and oxygen atoms in total. The maximum absolute atomic E-state index is 12.4. The average Bonchev–Trinajstić information content (AvgIpc) is 2.25. The van der Waals surface area contributed by atoms with Crippen LogP contribution in [0.25, 0.3) is 0 Å². The molecule has 0 unspecified atom stereocenters. The van der Waals surface area contributed by atoms with Gasteiger partial charge >= 0.3 is 6.18 Å². The lowest BCUT2D eigenvalue weighted by Gasteiger charge is -2.12. The average molecular weight is 250 g/mol. The number of pyridine rings is 1. The van der Waals surface area contributed by atoms with Crippen molar-refractivity contribution in [1.82, 2.24) is 4.98 Å². The fourth-order valence-electron chi connectivity index (χ4n) is 1.12. The Morgan fingerprint density at radius 3 is 2.35 bits per heavy atom. The molecule has 0 saturated heterocycles. The first-order chi connectivity index (χ1) is 7.81. The van der Waals surface area contributed by atoms with E-state index in [1.807, 2.05) is 0 Å². The largest absolute Gasteiger partial charge is 0.433 e. The van der Waals surface area contributed by atoms with Gasteiger partial charge in [-0.2, -0.15) is 18.4 Å². The van der Waals surface area contributed by atoms with Crippen molar-refractivity contribution in [3.05, 3.63) is 28.6 Å². The molecule has 1 rings (SSSR count). The summed E-state index contributed by atoms with van der Waals surface area (Å²) in [6.07, 6.45) is -8.55. The van der Waals surface area contributed by atoms with Crippen LogP contribution in [0.2, 0.25) is 0 Å². The van der Waals surface area contributed by atoms with E-state index in [2.05, 4.69) is 4.98 Å². The Bertz CT molecular complexity index is 489. The highest BCUT2D eigenvalue weighted by molar-refractivity contribution is 5.78. The molecular weight excluding hydrogens is 247 g/mol. The van der Waals surface area contributed by atoms with Crippen LogP contribution in [-0.4, -0.2) is 11.3 Å². The van der Waals surface area contributed by atoms with Gasteiger partial charge in [-0.05, 0) is 6.07 Å². The lowest BCUT2D eigenvalue weighted by atomic mass is 10.1. The van der Waals surface area contributed by atoms with E-state index in [-0.39, 0.29) is 6.29 Å². The minimum Gasteiger partial charge on any atom is -0.298 e. The molecule has 0 bridgehead atoms. The van der Waals surface area contributed by atoms with Crippen LogP contribution in [0.5, 0.6) is 0 Å². The maximum atomic E-state index is 12.4. The zero-order chi connectivity index (χ0) is 13.2. The fourth-order valence-corrected chi connectivity index (χ4v) is 1.12. The molecule has 0 radical (unpaired) electrons. The van der Waals surface area contributed by atoms with Crippen molar-refractivity contribution in [3.63, 3.8) is 0 Å². The summed E-state index contributed by atoms with van der Waals surface area (Å²) in [4.78, 5) is 13.2. The van der Waals surface area contributed by atoms with Gasteiger partial charge in [0.1, 0.15) is 6.07 Å². The van der Waals surface area contributed by atoms with Crippen LogP contribution in [0.15, 0.2) is 6.07 Å². The minimum absolute atomic E-state index is 0.00239. The summed E-state index contributed by atoms with van der Waals surface area (Å²) in [6, 6.07) is 1.56. The van der Waals surface area contributed by atoms with E-state index in [0.29, 0.717) is 6.07 Å². The molecular formula is C9H3F5N2O. The van der Waals surface area contributed by atoms with Gasteiger partial charge in [0.25, 0.3) is 6.43 Å². The molecule has 0 saturated carbocycles. The number of aldehydes is 1. The van der Waals surface area contributed by atoms with Crippen LogP contribution in [0.3, 0.4) is 0 Å². The standard InChI is InChI=1S/C9H3F5N2O/c10-8(11)5-1-4(3-17)6(2-15)16-7(5)9(12,13)14/h1,3,8H. The van der Waals surface area contributed by atoms with E-state index < -0.39 is 35.1 Å². The summed E-state index contributed by atoms with van der Waals surface area (Å²) in [6.45, 7) is 0. The van der Waals surface area contributed by atoms with Gasteiger partial charge < -0.3 is 0 Å². The van der Waals surface area contributed by atoms with Crippen LogP contribution in [0.1, 0.15) is 33.7 Å². The first kappa shape index (κ1) is 13.0. The van der Waals surface area contributed by atoms with Gasteiger partial charge in [0.2, 0.25) is 0 Å². The second-order valence-electron chi connectivity index (χ2n) is 2.89. The zero-order valence-electron chi connectivity index (χ0n) is 7.92. The molecule has 0 aliphatic carbocycles. The second-order valence-corrected chi connectivity index (χ2v) is 2.89. The molecule has 0 aromatic carbocycles. The Kier molecular flexibility index (Phi) is 3.41. The van der Waals surface area contributed by atoms with E-state index in [0.717, 1.165) is 0 Å². The molecule has 0 aliphatic rings. The SMILES string of the molecule is N#Cc1nc(C(F)(F)F)c(C(F)F)cc1C=O. The molecule has 0 aliphatic heterocycles. The third-order valence-electron chi connectivity index (χ3n) is 1.82. The van der Waals surface area contributed by atoms with Crippen molar-refractivity contribution in [2.24, 2.45) is 0 Å². The Morgan fingerprint density at radius 1 is 1.41 bits per heavy atom. The molecule has 1 aromatic rings. The molecule has 0 fully saturated rings. The molecule has 17 heavy (non-hydrogen) atoms. The number of carbonyl (C=O) groups excluding carboxylic acids is 1. The van der Waals surface area contributed by atoms with Crippen LogP contribution in [0.4, 0.5) is 22.0 Å². The number of hydrogen-bond donors (Lipinski definition) is 0. The smallest absolute Gasteiger partial charge is 0.298 e. The fraction of sp³-hybridized carbons (Fsp3) is 0.222. The molecule has 1 aromatic heterocycles. The van der Waals surface area contributed by atoms with Crippen molar-refractivity contribution in [2.45, 2.75) is 12.6 Å². The topological polar surface area (TPSA) is 53.8 Å². The normalized spacial score (nSPS) is 11.4. The lowest BCUT2D eigenvalue weighted by molar-refractivity contribution is -0.143. The summed E-state index contributed by atoms with van der Waals surface area (Å²) in [7, 11) is 0. The van der Waals surface area contributed by atoms with Gasteiger partial charge in [-0.15, -0.1) is 0 Å². The van der Waals surface area contributed by atoms with E-state index >= 15 is 0 Å². The molecule has 0 N–H and O–H groups in total. The third kappa shape index (κ3) is 2.55. The van der Waals surface area contributed by atoms with Crippen molar-refractivity contribution in [3.8, 4) is 6.07 Å². The number of aromatic nitrogens is 1. The highest BCUT2D eigenvalue weighted by Gasteiger charge is 2.38. The number of hydrogen-bond acceptors (Lipinski definition) is 3. The van der Waals surface area contributed by atoms with Crippen molar-refractivity contribution < 1.29 is 26.7 Å². The van der Waals surface area contributed by atoms with E-state index in [9.17, 15) is 26.7 Å². The molecule has 0 amide bonds. The third-order valence-corrected chi connectivity index (χ3v) is 1.82. The first-order valence-corrected chi connectivity index (χ1v) is 4.06. The molecule has 1 heterocycles. The minimum atomic E-state index is -5.11. The summed E-state index contributed by atoms with van der Waals surface area (Å²) in [5.41, 5.74) is -4.71. The van der Waals surface area contributed by atoms with Crippen LogP contribution in [-0.2, 0) is 6.18 Å². The summed E-state index contributed by atoms with van der Waals surface area (Å²) in [5, 5.41) is 8.44. The Morgan fingerprint density at radius 2 is 2.00 bits per heavy atom. The molecule has 0 spiro atoms. The predicted molar refractivity (Wildman–Crippen MR) is 44.3 cm³/mol. The van der Waals surface area contributed by atoms with Gasteiger partial charge in [-0.1, -0.05) is 0 Å². The lowest BCUT2D eigenvalue weighted by Crippen LogP contribution is -2.14. The number of carbonyl (C=O) groups is 1. The predicted octanol–water partition coefficient (Wildman–Crippen LogP) is 2.72. The van der Waals surface area contributed by atoms with Gasteiger partial charge in [0, 0.05) is 5.56 Å². The van der Waals surface area contributed by atoms with Crippen molar-refractivity contribution >= 4 is 6.29 Å². The van der Waals surface area contributed by atoms with E-state index in [4.69, 9.17) is 5.26 Å². The summed E-state index contributed by atoms with van der Waals surface area (Å²) in [5.74, 6) is 0. The summed E-state index contributed by atoms with van der Waals surface area (Å²) >= 11 is 0. The number of halogens is 5. The van der Waals surface area contributed by atoms with Crippen molar-refractivity contribution in [1.29, 1.82) is 5.26 Å². The Hall–Kier alpha value is -2.04. The highest BCUT2D eigenvalue weighted by Crippen LogP contribution is 2.35. The van der Waals surface area contributed by atoms with Crippen molar-refractivity contribution in [2.75, 3.05) is 0 Å². The number of nitrogens with zero attached hydrogens (tertiary/aromatic N) is 2. The molecule has 90 valence electrons.